The zero-order valence-corrected chi connectivity index (χ0v) is 13.0. The van der Waals surface area contributed by atoms with Crippen molar-refractivity contribution in [3.8, 4) is 11.8 Å². The molecule has 6 heteroatoms. The molecule has 0 radical (unpaired) electrons. The number of fused-ring (bicyclic) bond motifs is 1. The number of hydrogen-bond donors (Lipinski definition) is 2. The lowest BCUT2D eigenvalue weighted by molar-refractivity contribution is -0.123. The number of H-pyrrole nitrogens is 1. The van der Waals surface area contributed by atoms with E-state index in [0.717, 1.165) is 30.5 Å². The van der Waals surface area contributed by atoms with Crippen molar-refractivity contribution in [1.82, 2.24) is 10.3 Å². The molecule has 0 saturated heterocycles. The molecule has 0 spiro atoms. The van der Waals surface area contributed by atoms with Gasteiger partial charge in [0.05, 0.1) is 17.7 Å². The lowest BCUT2D eigenvalue weighted by atomic mass is 9.91. The smallest absolute Gasteiger partial charge is 0.258 e. The number of carbonyl (C=O) groups excluding carboxylic acids is 1. The standard InChI is InChI=1S/C18H17N3O3/c19-10-12-4-6-13(7-5-12)24-11-18(23)21-16-3-1-2-15-14(16)8-9-17(22)20-15/h4-9,16H,1-3,11H2,(H,20,22)(H,21,23). The Kier molecular flexibility index (Phi) is 4.62. The van der Waals surface area contributed by atoms with Gasteiger partial charge in [-0.25, -0.2) is 0 Å². The minimum absolute atomic E-state index is 0.0961. The van der Waals surface area contributed by atoms with E-state index < -0.39 is 0 Å². The van der Waals surface area contributed by atoms with Gasteiger partial charge in [0, 0.05) is 11.8 Å². The van der Waals surface area contributed by atoms with E-state index in [1.165, 1.54) is 6.07 Å². The van der Waals surface area contributed by atoms with E-state index >= 15 is 0 Å². The molecule has 2 N–H and O–H groups in total. The first-order valence-electron chi connectivity index (χ1n) is 7.80. The maximum Gasteiger partial charge on any atom is 0.258 e. The van der Waals surface area contributed by atoms with E-state index in [-0.39, 0.29) is 24.1 Å². The quantitative estimate of drug-likeness (QED) is 0.897. The van der Waals surface area contributed by atoms with Gasteiger partial charge in [0.1, 0.15) is 5.75 Å². The van der Waals surface area contributed by atoms with Crippen molar-refractivity contribution in [2.45, 2.75) is 25.3 Å². The zero-order valence-electron chi connectivity index (χ0n) is 13.0. The molecule has 0 saturated carbocycles. The molecule has 3 rings (SSSR count). The van der Waals surface area contributed by atoms with Gasteiger partial charge in [-0.15, -0.1) is 0 Å². The van der Waals surface area contributed by atoms with Crippen LogP contribution in [-0.4, -0.2) is 17.5 Å². The van der Waals surface area contributed by atoms with Crippen LogP contribution in [0, 0.1) is 11.3 Å². The molecule has 1 aliphatic carbocycles. The Hall–Kier alpha value is -3.07. The summed E-state index contributed by atoms with van der Waals surface area (Å²) in [5, 5.41) is 11.7. The number of aromatic nitrogens is 1. The second-order valence-electron chi connectivity index (χ2n) is 5.69. The van der Waals surface area contributed by atoms with Crippen LogP contribution >= 0.6 is 0 Å². The average molecular weight is 323 g/mol. The van der Waals surface area contributed by atoms with Crippen molar-refractivity contribution in [3.63, 3.8) is 0 Å². The third-order valence-corrected chi connectivity index (χ3v) is 4.02. The highest BCUT2D eigenvalue weighted by Gasteiger charge is 2.22. The highest BCUT2D eigenvalue weighted by Crippen LogP contribution is 2.27. The summed E-state index contributed by atoms with van der Waals surface area (Å²) in [7, 11) is 0. The molecule has 1 aromatic carbocycles. The summed E-state index contributed by atoms with van der Waals surface area (Å²) in [6.45, 7) is -0.0961. The Labute approximate surface area is 139 Å². The van der Waals surface area contributed by atoms with Crippen LogP contribution in [0.4, 0.5) is 0 Å². The van der Waals surface area contributed by atoms with Crippen molar-refractivity contribution in [2.24, 2.45) is 0 Å². The fourth-order valence-corrected chi connectivity index (χ4v) is 2.86. The van der Waals surface area contributed by atoms with Crippen molar-refractivity contribution >= 4 is 5.91 Å². The number of aromatic amines is 1. The van der Waals surface area contributed by atoms with Gasteiger partial charge in [0.25, 0.3) is 5.91 Å². The summed E-state index contributed by atoms with van der Waals surface area (Å²) in [4.78, 5) is 26.4. The molecule has 122 valence electrons. The van der Waals surface area contributed by atoms with Gasteiger partial charge in [-0.05, 0) is 55.2 Å². The molecular weight excluding hydrogens is 306 g/mol. The zero-order chi connectivity index (χ0) is 16.9. The summed E-state index contributed by atoms with van der Waals surface area (Å²) >= 11 is 0. The van der Waals surface area contributed by atoms with E-state index in [1.54, 1.807) is 30.3 Å². The van der Waals surface area contributed by atoms with Gasteiger partial charge in [-0.1, -0.05) is 0 Å². The fourth-order valence-electron chi connectivity index (χ4n) is 2.86. The molecule has 0 bridgehead atoms. The van der Waals surface area contributed by atoms with E-state index in [9.17, 15) is 9.59 Å². The second kappa shape index (κ2) is 7.01. The number of rotatable bonds is 4. The Morgan fingerprint density at radius 2 is 2.08 bits per heavy atom. The van der Waals surface area contributed by atoms with Crippen LogP contribution in [0.1, 0.15) is 35.7 Å². The van der Waals surface area contributed by atoms with E-state index in [0.29, 0.717) is 11.3 Å². The maximum atomic E-state index is 12.1. The molecule has 2 aromatic rings. The van der Waals surface area contributed by atoms with Crippen LogP contribution < -0.4 is 15.6 Å². The van der Waals surface area contributed by atoms with Gasteiger partial charge < -0.3 is 15.0 Å². The number of pyridine rings is 1. The van der Waals surface area contributed by atoms with Crippen LogP contribution in [0.2, 0.25) is 0 Å². The number of hydrogen-bond acceptors (Lipinski definition) is 4. The molecule has 0 fully saturated rings. The molecule has 1 aliphatic rings. The number of amides is 1. The Morgan fingerprint density at radius 1 is 1.29 bits per heavy atom. The molecule has 1 atom stereocenters. The fraction of sp³-hybridized carbons (Fsp3) is 0.278. The molecule has 1 aromatic heterocycles. The van der Waals surface area contributed by atoms with E-state index in [4.69, 9.17) is 10.00 Å². The number of carbonyl (C=O) groups is 1. The summed E-state index contributed by atoms with van der Waals surface area (Å²) in [5.74, 6) is 0.320. The number of aryl methyl sites for hydroxylation is 1. The van der Waals surface area contributed by atoms with Crippen LogP contribution in [-0.2, 0) is 11.2 Å². The van der Waals surface area contributed by atoms with Crippen LogP contribution in [0.3, 0.4) is 0 Å². The first-order valence-corrected chi connectivity index (χ1v) is 7.80. The molecule has 1 heterocycles. The lowest BCUT2D eigenvalue weighted by Gasteiger charge is -2.25. The summed E-state index contributed by atoms with van der Waals surface area (Å²) < 4.78 is 5.44. The Morgan fingerprint density at radius 3 is 2.83 bits per heavy atom. The average Bonchev–Trinajstić information content (AvgIpc) is 2.60. The second-order valence-corrected chi connectivity index (χ2v) is 5.69. The number of nitrogens with zero attached hydrogens (tertiary/aromatic N) is 1. The number of benzene rings is 1. The van der Waals surface area contributed by atoms with Gasteiger partial charge in [-0.2, -0.15) is 5.26 Å². The van der Waals surface area contributed by atoms with Crippen LogP contribution in [0.5, 0.6) is 5.75 Å². The number of nitrogens with one attached hydrogen (secondary N) is 2. The summed E-state index contributed by atoms with van der Waals surface area (Å²) in [5.41, 5.74) is 2.28. The first kappa shape index (κ1) is 15.8. The van der Waals surface area contributed by atoms with E-state index in [2.05, 4.69) is 10.3 Å². The first-order chi connectivity index (χ1) is 11.7. The maximum absolute atomic E-state index is 12.1. The molecule has 24 heavy (non-hydrogen) atoms. The van der Waals surface area contributed by atoms with Gasteiger partial charge in [-0.3, -0.25) is 9.59 Å². The molecule has 1 unspecified atom stereocenters. The van der Waals surface area contributed by atoms with Crippen molar-refractivity contribution in [2.75, 3.05) is 6.61 Å². The predicted octanol–water partition coefficient (Wildman–Crippen LogP) is 1.82. The minimum Gasteiger partial charge on any atom is -0.484 e. The summed E-state index contributed by atoms with van der Waals surface area (Å²) in [6, 6.07) is 11.8. The van der Waals surface area contributed by atoms with Crippen molar-refractivity contribution in [3.05, 3.63) is 63.6 Å². The number of nitriles is 1. The highest BCUT2D eigenvalue weighted by atomic mass is 16.5. The van der Waals surface area contributed by atoms with Crippen molar-refractivity contribution < 1.29 is 9.53 Å². The topological polar surface area (TPSA) is 95.0 Å². The van der Waals surface area contributed by atoms with Gasteiger partial charge in [0.2, 0.25) is 5.56 Å². The molecular formula is C18H17N3O3. The third kappa shape index (κ3) is 3.63. The van der Waals surface area contributed by atoms with Gasteiger partial charge >= 0.3 is 0 Å². The largest absolute Gasteiger partial charge is 0.484 e. The minimum atomic E-state index is -0.219. The Bertz CT molecular complexity index is 834. The highest BCUT2D eigenvalue weighted by molar-refractivity contribution is 5.78. The molecule has 0 aliphatic heterocycles. The SMILES string of the molecule is N#Cc1ccc(OCC(=O)NC2CCCc3[nH]c(=O)ccc32)cc1. The van der Waals surface area contributed by atoms with Crippen LogP contribution in [0.25, 0.3) is 0 Å². The Balaban J connectivity index is 1.59. The third-order valence-electron chi connectivity index (χ3n) is 4.02. The van der Waals surface area contributed by atoms with E-state index in [1.807, 2.05) is 6.07 Å². The number of ether oxygens (including phenoxy) is 1. The monoisotopic (exact) mass is 323 g/mol. The summed E-state index contributed by atoms with van der Waals surface area (Å²) in [6.07, 6.45) is 2.57. The van der Waals surface area contributed by atoms with Gasteiger partial charge in [0.15, 0.2) is 6.61 Å². The normalized spacial score (nSPS) is 15.9. The molecule has 6 nitrogen and oxygen atoms in total. The van der Waals surface area contributed by atoms with Crippen LogP contribution in [0.15, 0.2) is 41.2 Å². The van der Waals surface area contributed by atoms with Crippen molar-refractivity contribution in [1.29, 1.82) is 5.26 Å². The lowest BCUT2D eigenvalue weighted by Crippen LogP contribution is -2.35. The predicted molar refractivity (Wildman–Crippen MR) is 87.5 cm³/mol. The molecule has 1 amide bonds.